The van der Waals surface area contributed by atoms with E-state index in [2.05, 4.69) is 65.6 Å². The predicted octanol–water partition coefficient (Wildman–Crippen LogP) is 3.27. The highest BCUT2D eigenvalue weighted by Crippen LogP contribution is 2.33. The fourth-order valence-corrected chi connectivity index (χ4v) is 3.54. The third kappa shape index (κ3) is 3.32. The molecule has 2 fully saturated rings. The summed E-state index contributed by atoms with van der Waals surface area (Å²) in [6, 6.07) is 21.8. The first-order valence-corrected chi connectivity index (χ1v) is 8.47. The quantitative estimate of drug-likeness (QED) is 0.846. The second kappa shape index (κ2) is 6.83. The Hall–Kier alpha value is -1.68. The van der Waals surface area contributed by atoms with Crippen molar-refractivity contribution in [2.45, 2.75) is 24.7 Å². The van der Waals surface area contributed by atoms with Crippen molar-refractivity contribution in [3.63, 3.8) is 0 Å². The molecule has 0 saturated carbocycles. The molecule has 1 atom stereocenters. The number of hydrogen-bond acceptors (Lipinski definition) is 3. The molecule has 2 aliphatic rings. The molecule has 2 heterocycles. The molecule has 0 N–H and O–H groups in total. The van der Waals surface area contributed by atoms with Crippen molar-refractivity contribution >= 4 is 0 Å². The van der Waals surface area contributed by atoms with E-state index in [-0.39, 0.29) is 0 Å². The number of benzene rings is 2. The lowest BCUT2D eigenvalue weighted by molar-refractivity contribution is -0.101. The lowest BCUT2D eigenvalue weighted by Gasteiger charge is -2.45. The van der Waals surface area contributed by atoms with Gasteiger partial charge in [0.15, 0.2) is 0 Å². The summed E-state index contributed by atoms with van der Waals surface area (Å²) in [5.41, 5.74) is 2.70. The van der Waals surface area contributed by atoms with Crippen LogP contribution < -0.4 is 0 Å². The van der Waals surface area contributed by atoms with Crippen LogP contribution in [0.1, 0.15) is 23.6 Å². The highest BCUT2D eigenvalue weighted by Gasteiger charge is 2.36. The number of hydrogen-bond donors (Lipinski definition) is 0. The van der Waals surface area contributed by atoms with Gasteiger partial charge < -0.3 is 9.47 Å². The van der Waals surface area contributed by atoms with Crippen LogP contribution in [0.3, 0.4) is 0 Å². The first kappa shape index (κ1) is 14.9. The minimum Gasteiger partial charge on any atom is -0.379 e. The van der Waals surface area contributed by atoms with Crippen LogP contribution in [0.25, 0.3) is 0 Å². The Morgan fingerprint density at radius 2 is 1.48 bits per heavy atom. The van der Waals surface area contributed by atoms with Gasteiger partial charge in [0.1, 0.15) is 0 Å². The van der Waals surface area contributed by atoms with Gasteiger partial charge in [0.2, 0.25) is 0 Å². The Bertz CT molecular complexity index is 565. The Morgan fingerprint density at radius 1 is 0.870 bits per heavy atom. The maximum atomic E-state index is 6.13. The van der Waals surface area contributed by atoms with Gasteiger partial charge >= 0.3 is 0 Å². The smallest absolute Gasteiger partial charge is 0.0835 e. The van der Waals surface area contributed by atoms with E-state index in [1.807, 2.05) is 0 Å². The summed E-state index contributed by atoms with van der Waals surface area (Å²) in [7, 11) is 0. The van der Waals surface area contributed by atoms with Gasteiger partial charge in [-0.2, -0.15) is 0 Å². The Morgan fingerprint density at radius 3 is 2.00 bits per heavy atom. The van der Waals surface area contributed by atoms with Crippen LogP contribution in [0.15, 0.2) is 60.7 Å². The van der Waals surface area contributed by atoms with Crippen molar-refractivity contribution in [2.75, 3.05) is 26.3 Å². The molecular formula is C20H23NO2. The third-order valence-electron chi connectivity index (χ3n) is 4.74. The standard InChI is InChI=1S/C20H23NO2/c1-3-7-16(8-4-1)20(17-9-5-2-6-10-17)21-13-19(14-21)23-18-11-12-22-15-18/h1-10,18-20H,11-15H2. The molecule has 2 aromatic rings. The number of nitrogens with zero attached hydrogens (tertiary/aromatic N) is 1. The second-order valence-electron chi connectivity index (χ2n) is 6.42. The summed E-state index contributed by atoms with van der Waals surface area (Å²) in [6.07, 6.45) is 1.68. The molecule has 120 valence electrons. The highest BCUT2D eigenvalue weighted by molar-refractivity contribution is 5.32. The van der Waals surface area contributed by atoms with Crippen LogP contribution >= 0.6 is 0 Å². The summed E-state index contributed by atoms with van der Waals surface area (Å²) in [5, 5.41) is 0. The van der Waals surface area contributed by atoms with Crippen LogP contribution in [0.2, 0.25) is 0 Å². The van der Waals surface area contributed by atoms with Gasteiger partial charge in [-0.15, -0.1) is 0 Å². The Labute approximate surface area is 137 Å². The zero-order chi connectivity index (χ0) is 15.5. The maximum Gasteiger partial charge on any atom is 0.0835 e. The molecule has 0 spiro atoms. The lowest BCUT2D eigenvalue weighted by Crippen LogP contribution is -2.54. The Balaban J connectivity index is 1.47. The lowest BCUT2D eigenvalue weighted by atomic mass is 9.94. The molecule has 0 aliphatic carbocycles. The van der Waals surface area contributed by atoms with Crippen LogP contribution in [0.4, 0.5) is 0 Å². The SMILES string of the molecule is c1ccc(C(c2ccccc2)N2CC(OC3CCOC3)C2)cc1. The Kier molecular flexibility index (Phi) is 4.42. The minimum atomic E-state index is 0.300. The molecular weight excluding hydrogens is 286 g/mol. The first-order valence-electron chi connectivity index (χ1n) is 8.47. The zero-order valence-corrected chi connectivity index (χ0v) is 13.3. The molecule has 23 heavy (non-hydrogen) atoms. The molecule has 4 rings (SSSR count). The maximum absolute atomic E-state index is 6.13. The van der Waals surface area contributed by atoms with Gasteiger partial charge in [-0.25, -0.2) is 0 Å². The third-order valence-corrected chi connectivity index (χ3v) is 4.74. The van der Waals surface area contributed by atoms with Gasteiger partial charge in [0, 0.05) is 19.7 Å². The second-order valence-corrected chi connectivity index (χ2v) is 6.42. The fourth-order valence-electron chi connectivity index (χ4n) is 3.54. The summed E-state index contributed by atoms with van der Waals surface area (Å²) in [4.78, 5) is 2.51. The number of ether oxygens (including phenoxy) is 2. The van der Waals surface area contributed by atoms with E-state index in [0.717, 1.165) is 32.7 Å². The molecule has 1 unspecified atom stereocenters. The van der Waals surface area contributed by atoms with Gasteiger partial charge in [-0.05, 0) is 17.5 Å². The zero-order valence-electron chi connectivity index (χ0n) is 13.3. The summed E-state index contributed by atoms with van der Waals surface area (Å²) < 4.78 is 11.5. The molecule has 0 aromatic heterocycles. The van der Waals surface area contributed by atoms with Crippen molar-refractivity contribution in [3.05, 3.63) is 71.8 Å². The minimum absolute atomic E-state index is 0.300. The normalized spacial score (nSPS) is 22.4. The van der Waals surface area contributed by atoms with E-state index in [1.165, 1.54) is 11.1 Å². The molecule has 3 heteroatoms. The van der Waals surface area contributed by atoms with E-state index in [0.29, 0.717) is 18.2 Å². The molecule has 0 radical (unpaired) electrons. The van der Waals surface area contributed by atoms with Gasteiger partial charge in [0.05, 0.1) is 24.9 Å². The molecule has 3 nitrogen and oxygen atoms in total. The van der Waals surface area contributed by atoms with E-state index >= 15 is 0 Å². The van der Waals surface area contributed by atoms with E-state index in [9.17, 15) is 0 Å². The van der Waals surface area contributed by atoms with Gasteiger partial charge in [-0.1, -0.05) is 60.7 Å². The summed E-state index contributed by atoms with van der Waals surface area (Å²) in [6.45, 7) is 3.59. The molecule has 0 bridgehead atoms. The van der Waals surface area contributed by atoms with Crippen molar-refractivity contribution in [1.29, 1.82) is 0 Å². The predicted molar refractivity (Wildman–Crippen MR) is 90.4 cm³/mol. The van der Waals surface area contributed by atoms with Crippen molar-refractivity contribution in [1.82, 2.24) is 4.90 Å². The van der Waals surface area contributed by atoms with Crippen LogP contribution in [0, 0.1) is 0 Å². The molecule has 2 aromatic carbocycles. The van der Waals surface area contributed by atoms with Crippen molar-refractivity contribution < 1.29 is 9.47 Å². The number of likely N-dealkylation sites (tertiary alicyclic amines) is 1. The summed E-state index contributed by atoms with van der Waals surface area (Å²) >= 11 is 0. The average Bonchev–Trinajstić information content (AvgIpc) is 3.08. The molecule has 2 aliphatic heterocycles. The van der Waals surface area contributed by atoms with Crippen LogP contribution in [-0.2, 0) is 9.47 Å². The summed E-state index contributed by atoms with van der Waals surface area (Å²) in [5.74, 6) is 0. The van der Waals surface area contributed by atoms with Gasteiger partial charge in [0.25, 0.3) is 0 Å². The van der Waals surface area contributed by atoms with Crippen molar-refractivity contribution in [3.8, 4) is 0 Å². The first-order chi connectivity index (χ1) is 11.4. The van der Waals surface area contributed by atoms with E-state index in [4.69, 9.17) is 9.47 Å². The molecule has 0 amide bonds. The molecule has 2 saturated heterocycles. The van der Waals surface area contributed by atoms with Crippen molar-refractivity contribution in [2.24, 2.45) is 0 Å². The van der Waals surface area contributed by atoms with Crippen LogP contribution in [0.5, 0.6) is 0 Å². The monoisotopic (exact) mass is 309 g/mol. The van der Waals surface area contributed by atoms with Gasteiger partial charge in [-0.3, -0.25) is 4.90 Å². The average molecular weight is 309 g/mol. The number of rotatable bonds is 5. The van der Waals surface area contributed by atoms with Crippen LogP contribution in [-0.4, -0.2) is 43.4 Å². The van der Waals surface area contributed by atoms with E-state index in [1.54, 1.807) is 0 Å². The van der Waals surface area contributed by atoms with E-state index < -0.39 is 0 Å². The fraction of sp³-hybridized carbons (Fsp3) is 0.400. The highest BCUT2D eigenvalue weighted by atomic mass is 16.6. The topological polar surface area (TPSA) is 21.7 Å². The largest absolute Gasteiger partial charge is 0.379 e.